The van der Waals surface area contributed by atoms with Gasteiger partial charge < -0.3 is 16.2 Å². The van der Waals surface area contributed by atoms with E-state index in [-0.39, 0.29) is 5.92 Å². The first-order chi connectivity index (χ1) is 9.15. The molecule has 0 amide bonds. The minimum Gasteiger partial charge on any atom is -0.481 e. The van der Waals surface area contributed by atoms with Gasteiger partial charge in [0.2, 0.25) is 0 Å². The number of carboxylic acids is 1. The largest absolute Gasteiger partial charge is 0.481 e. The van der Waals surface area contributed by atoms with E-state index in [1.54, 1.807) is 0 Å². The second-order valence-corrected chi connectivity index (χ2v) is 5.33. The Bertz CT molecular complexity index is 409. The first-order valence-electron chi connectivity index (χ1n) is 6.96. The number of anilines is 1. The van der Waals surface area contributed by atoms with Crippen LogP contribution in [-0.2, 0) is 11.2 Å². The predicted molar refractivity (Wildman–Crippen MR) is 75.9 cm³/mol. The number of hydrogen-bond donors (Lipinski definition) is 3. The van der Waals surface area contributed by atoms with Crippen molar-refractivity contribution in [2.45, 2.75) is 38.1 Å². The van der Waals surface area contributed by atoms with Crippen molar-refractivity contribution in [3.05, 3.63) is 29.8 Å². The third-order valence-electron chi connectivity index (χ3n) is 3.90. The van der Waals surface area contributed by atoms with E-state index in [0.29, 0.717) is 6.04 Å². The lowest BCUT2D eigenvalue weighted by atomic mass is 9.86. The molecule has 1 aromatic rings. The van der Waals surface area contributed by atoms with Crippen molar-refractivity contribution >= 4 is 11.7 Å². The predicted octanol–water partition coefficient (Wildman–Crippen LogP) is 2.04. The van der Waals surface area contributed by atoms with Crippen LogP contribution < -0.4 is 11.1 Å². The third kappa shape index (κ3) is 4.24. The van der Waals surface area contributed by atoms with Crippen molar-refractivity contribution in [1.82, 2.24) is 5.32 Å². The highest BCUT2D eigenvalue weighted by molar-refractivity contribution is 5.70. The lowest BCUT2D eigenvalue weighted by Crippen LogP contribution is -2.36. The summed E-state index contributed by atoms with van der Waals surface area (Å²) in [6.45, 7) is 0.937. The molecule has 0 atom stereocenters. The van der Waals surface area contributed by atoms with Gasteiger partial charge in [0.15, 0.2) is 0 Å². The summed E-state index contributed by atoms with van der Waals surface area (Å²) >= 11 is 0. The van der Waals surface area contributed by atoms with Gasteiger partial charge in [-0.05, 0) is 56.3 Å². The molecular formula is C15H22N2O2. The Labute approximate surface area is 114 Å². The summed E-state index contributed by atoms with van der Waals surface area (Å²) in [6.07, 6.45) is 4.53. The Morgan fingerprint density at radius 3 is 2.42 bits per heavy atom. The molecule has 2 rings (SSSR count). The first kappa shape index (κ1) is 13.9. The van der Waals surface area contributed by atoms with Crippen molar-refractivity contribution in [2.24, 2.45) is 5.92 Å². The monoisotopic (exact) mass is 262 g/mol. The van der Waals surface area contributed by atoms with Crippen LogP contribution in [0.15, 0.2) is 24.3 Å². The molecule has 1 aromatic carbocycles. The fourth-order valence-electron chi connectivity index (χ4n) is 2.65. The number of benzene rings is 1. The molecule has 1 aliphatic carbocycles. The van der Waals surface area contributed by atoms with Gasteiger partial charge in [-0.1, -0.05) is 12.1 Å². The number of aliphatic carboxylic acids is 1. The van der Waals surface area contributed by atoms with Crippen LogP contribution in [0.1, 0.15) is 31.2 Å². The highest BCUT2D eigenvalue weighted by atomic mass is 16.4. The Kier molecular flexibility index (Phi) is 4.80. The molecule has 1 fully saturated rings. The van der Waals surface area contributed by atoms with E-state index >= 15 is 0 Å². The number of rotatable bonds is 5. The van der Waals surface area contributed by atoms with Crippen LogP contribution in [0.25, 0.3) is 0 Å². The molecule has 0 aromatic heterocycles. The molecule has 19 heavy (non-hydrogen) atoms. The Hall–Kier alpha value is -1.55. The van der Waals surface area contributed by atoms with E-state index < -0.39 is 5.97 Å². The number of carboxylic acid groups (broad SMARTS) is 1. The zero-order valence-corrected chi connectivity index (χ0v) is 11.1. The van der Waals surface area contributed by atoms with Crippen molar-refractivity contribution < 1.29 is 9.90 Å². The number of carbonyl (C=O) groups is 1. The Morgan fingerprint density at radius 2 is 1.84 bits per heavy atom. The van der Waals surface area contributed by atoms with Crippen LogP contribution >= 0.6 is 0 Å². The minimum absolute atomic E-state index is 0.129. The van der Waals surface area contributed by atoms with Gasteiger partial charge >= 0.3 is 5.97 Å². The van der Waals surface area contributed by atoms with Gasteiger partial charge in [-0.25, -0.2) is 0 Å². The highest BCUT2D eigenvalue weighted by Gasteiger charge is 2.25. The summed E-state index contributed by atoms with van der Waals surface area (Å²) < 4.78 is 0. The SMILES string of the molecule is Nc1ccc(CCN[C@H]2CC[C@@H](C(=O)O)CC2)cc1. The zero-order chi connectivity index (χ0) is 13.7. The van der Waals surface area contributed by atoms with Crippen LogP contribution in [0.2, 0.25) is 0 Å². The summed E-state index contributed by atoms with van der Waals surface area (Å²) in [5.41, 5.74) is 7.72. The topological polar surface area (TPSA) is 75.3 Å². The van der Waals surface area contributed by atoms with Gasteiger partial charge in [0.1, 0.15) is 0 Å². The molecule has 0 unspecified atom stereocenters. The number of nitrogen functional groups attached to an aromatic ring is 1. The molecular weight excluding hydrogens is 240 g/mol. The summed E-state index contributed by atoms with van der Waals surface area (Å²) in [6, 6.07) is 8.43. The van der Waals surface area contributed by atoms with E-state index in [9.17, 15) is 4.79 Å². The lowest BCUT2D eigenvalue weighted by molar-refractivity contribution is -0.142. The molecule has 0 heterocycles. The minimum atomic E-state index is -0.639. The van der Waals surface area contributed by atoms with E-state index in [2.05, 4.69) is 17.4 Å². The molecule has 1 saturated carbocycles. The van der Waals surface area contributed by atoms with Crippen LogP contribution in [0.3, 0.4) is 0 Å². The average Bonchev–Trinajstić information content (AvgIpc) is 2.41. The van der Waals surface area contributed by atoms with Gasteiger partial charge in [0.05, 0.1) is 5.92 Å². The summed E-state index contributed by atoms with van der Waals surface area (Å²) in [5, 5.41) is 12.5. The van der Waals surface area contributed by atoms with E-state index in [0.717, 1.165) is 44.3 Å². The smallest absolute Gasteiger partial charge is 0.306 e. The van der Waals surface area contributed by atoms with E-state index in [4.69, 9.17) is 10.8 Å². The molecule has 4 N–H and O–H groups in total. The number of nitrogens with two attached hydrogens (primary N) is 1. The summed E-state index contributed by atoms with van der Waals surface area (Å²) in [5.74, 6) is -0.768. The molecule has 0 aliphatic heterocycles. The highest BCUT2D eigenvalue weighted by Crippen LogP contribution is 2.24. The third-order valence-corrected chi connectivity index (χ3v) is 3.90. The maximum absolute atomic E-state index is 10.9. The number of nitrogens with one attached hydrogen (secondary N) is 1. The standard InChI is InChI=1S/C15H22N2O2/c16-13-5-1-11(2-6-13)9-10-17-14-7-3-12(4-8-14)15(18)19/h1-2,5-6,12,14,17H,3-4,7-10,16H2,(H,18,19)/t12-,14+. The molecule has 4 heteroatoms. The summed E-state index contributed by atoms with van der Waals surface area (Å²) in [7, 11) is 0. The van der Waals surface area contributed by atoms with Crippen LogP contribution in [0.5, 0.6) is 0 Å². The fraction of sp³-hybridized carbons (Fsp3) is 0.533. The quantitative estimate of drug-likeness (QED) is 0.710. The van der Waals surface area contributed by atoms with Crippen molar-refractivity contribution in [3.8, 4) is 0 Å². The van der Waals surface area contributed by atoms with Crippen LogP contribution in [-0.4, -0.2) is 23.7 Å². The lowest BCUT2D eigenvalue weighted by Gasteiger charge is -2.26. The van der Waals surface area contributed by atoms with Gasteiger partial charge in [-0.3, -0.25) is 4.79 Å². The van der Waals surface area contributed by atoms with Gasteiger partial charge in [-0.15, -0.1) is 0 Å². The molecule has 0 radical (unpaired) electrons. The molecule has 104 valence electrons. The van der Waals surface area contributed by atoms with Gasteiger partial charge in [0, 0.05) is 11.7 Å². The van der Waals surface area contributed by atoms with Crippen molar-refractivity contribution in [2.75, 3.05) is 12.3 Å². The normalized spacial score (nSPS) is 23.2. The average molecular weight is 262 g/mol. The zero-order valence-electron chi connectivity index (χ0n) is 11.1. The van der Waals surface area contributed by atoms with Crippen molar-refractivity contribution in [3.63, 3.8) is 0 Å². The summed E-state index contributed by atoms with van der Waals surface area (Å²) in [4.78, 5) is 10.9. The second kappa shape index (κ2) is 6.57. The molecule has 4 nitrogen and oxygen atoms in total. The van der Waals surface area contributed by atoms with Crippen LogP contribution in [0.4, 0.5) is 5.69 Å². The second-order valence-electron chi connectivity index (χ2n) is 5.33. The first-order valence-corrected chi connectivity index (χ1v) is 6.96. The fourth-order valence-corrected chi connectivity index (χ4v) is 2.65. The molecule has 1 aliphatic rings. The maximum atomic E-state index is 10.9. The van der Waals surface area contributed by atoms with Gasteiger partial charge in [-0.2, -0.15) is 0 Å². The molecule has 0 saturated heterocycles. The van der Waals surface area contributed by atoms with Gasteiger partial charge in [0.25, 0.3) is 0 Å². The van der Waals surface area contributed by atoms with E-state index in [1.807, 2.05) is 12.1 Å². The Balaban J connectivity index is 1.67. The number of hydrogen-bond acceptors (Lipinski definition) is 3. The van der Waals surface area contributed by atoms with E-state index in [1.165, 1.54) is 5.56 Å². The van der Waals surface area contributed by atoms with Crippen LogP contribution in [0, 0.1) is 5.92 Å². The molecule has 0 bridgehead atoms. The maximum Gasteiger partial charge on any atom is 0.306 e. The molecule has 0 spiro atoms. The van der Waals surface area contributed by atoms with Crippen molar-refractivity contribution in [1.29, 1.82) is 0 Å². The Morgan fingerprint density at radius 1 is 1.21 bits per heavy atom.